The molecule has 0 spiro atoms. The van der Waals surface area contributed by atoms with Crippen molar-refractivity contribution in [2.24, 2.45) is 0 Å². The van der Waals surface area contributed by atoms with Gasteiger partial charge in [0.05, 0.1) is 23.2 Å². The predicted molar refractivity (Wildman–Crippen MR) is 62.3 cm³/mol. The molecule has 0 amide bonds. The summed E-state index contributed by atoms with van der Waals surface area (Å²) in [5.74, 6) is 1.79. The number of aliphatic hydroxyl groups is 1. The maximum absolute atomic E-state index is 9.78. The number of rotatable bonds is 2. The number of halogens is 1. The van der Waals surface area contributed by atoms with Crippen LogP contribution in [0.15, 0.2) is 10.5 Å². The van der Waals surface area contributed by atoms with Crippen molar-refractivity contribution in [2.45, 2.75) is 13.0 Å². The van der Waals surface area contributed by atoms with Gasteiger partial charge in [-0.1, -0.05) is 0 Å². The lowest BCUT2D eigenvalue weighted by Crippen LogP contribution is -2.17. The van der Waals surface area contributed by atoms with Crippen molar-refractivity contribution >= 4 is 15.9 Å². The van der Waals surface area contributed by atoms with Gasteiger partial charge in [0, 0.05) is 6.07 Å². The van der Waals surface area contributed by atoms with Gasteiger partial charge in [0.1, 0.15) is 19.0 Å². The van der Waals surface area contributed by atoms with Crippen LogP contribution in [0, 0.1) is 0 Å². The first kappa shape index (κ1) is 11.5. The molecule has 0 saturated heterocycles. The molecule has 0 bridgehead atoms. The Bertz CT molecular complexity index is 403. The first-order chi connectivity index (χ1) is 7.65. The van der Waals surface area contributed by atoms with Crippen molar-refractivity contribution in [1.29, 1.82) is 0 Å². The maximum atomic E-state index is 9.78. The van der Waals surface area contributed by atoms with E-state index in [4.69, 9.17) is 14.2 Å². The molecule has 0 saturated carbocycles. The summed E-state index contributed by atoms with van der Waals surface area (Å²) in [5.41, 5.74) is 0.617. The smallest absolute Gasteiger partial charge is 0.170 e. The molecule has 1 atom stereocenters. The summed E-state index contributed by atoms with van der Waals surface area (Å²) < 4.78 is 17.0. The Hall–Kier alpha value is -0.940. The van der Waals surface area contributed by atoms with E-state index in [0.717, 1.165) is 4.47 Å². The quantitative estimate of drug-likeness (QED) is 0.907. The number of aliphatic hydroxyl groups excluding tert-OH is 1. The minimum absolute atomic E-state index is 0.484. The summed E-state index contributed by atoms with van der Waals surface area (Å²) >= 11 is 3.38. The fourth-order valence-corrected chi connectivity index (χ4v) is 2.33. The van der Waals surface area contributed by atoms with Gasteiger partial charge in [0.15, 0.2) is 11.5 Å². The summed E-state index contributed by atoms with van der Waals surface area (Å²) in [4.78, 5) is 0. The van der Waals surface area contributed by atoms with E-state index in [1.165, 1.54) is 0 Å². The molecule has 1 aliphatic rings. The third-order valence-corrected chi connectivity index (χ3v) is 2.99. The van der Waals surface area contributed by atoms with E-state index in [1.54, 1.807) is 20.1 Å². The lowest BCUT2D eigenvalue weighted by atomic mass is 10.1. The summed E-state index contributed by atoms with van der Waals surface area (Å²) in [6, 6.07) is 1.79. The molecule has 1 aliphatic heterocycles. The number of hydrogen-bond donors (Lipinski definition) is 1. The Morgan fingerprint density at radius 3 is 2.75 bits per heavy atom. The van der Waals surface area contributed by atoms with Gasteiger partial charge in [-0.25, -0.2) is 0 Å². The largest absolute Gasteiger partial charge is 0.495 e. The van der Waals surface area contributed by atoms with Crippen molar-refractivity contribution in [1.82, 2.24) is 0 Å². The van der Waals surface area contributed by atoms with Crippen LogP contribution in [-0.2, 0) is 0 Å². The van der Waals surface area contributed by atoms with E-state index < -0.39 is 6.10 Å². The van der Waals surface area contributed by atoms with Crippen LogP contribution in [0.2, 0.25) is 0 Å². The Labute approximate surface area is 102 Å². The zero-order valence-electron chi connectivity index (χ0n) is 9.12. The average Bonchev–Trinajstić information content (AvgIpc) is 2.26. The van der Waals surface area contributed by atoms with Gasteiger partial charge in [-0.05, 0) is 22.9 Å². The summed E-state index contributed by atoms with van der Waals surface area (Å²) in [6.45, 7) is 2.67. The monoisotopic (exact) mass is 288 g/mol. The topological polar surface area (TPSA) is 47.9 Å². The van der Waals surface area contributed by atoms with Gasteiger partial charge >= 0.3 is 0 Å². The minimum Gasteiger partial charge on any atom is -0.495 e. The van der Waals surface area contributed by atoms with Gasteiger partial charge in [0.25, 0.3) is 0 Å². The van der Waals surface area contributed by atoms with E-state index in [-0.39, 0.29) is 0 Å². The second-order valence-electron chi connectivity index (χ2n) is 3.51. The molecule has 1 heterocycles. The minimum atomic E-state index is -0.678. The standard InChI is InChI=1S/C11H13BrO4/c1-6(13)9-10(14-2)7(12)5-8-11(9)16-4-3-15-8/h5-6,13H,3-4H2,1-2H3. The molecule has 1 N–H and O–H groups in total. The predicted octanol–water partition coefficient (Wildman–Crippen LogP) is 2.28. The van der Waals surface area contributed by atoms with Crippen LogP contribution in [-0.4, -0.2) is 25.4 Å². The van der Waals surface area contributed by atoms with Gasteiger partial charge in [-0.3, -0.25) is 0 Å². The molecule has 2 rings (SSSR count). The van der Waals surface area contributed by atoms with Crippen LogP contribution in [0.4, 0.5) is 0 Å². The van der Waals surface area contributed by atoms with Gasteiger partial charge in [-0.2, -0.15) is 0 Å². The summed E-state index contributed by atoms with van der Waals surface area (Å²) in [7, 11) is 1.56. The number of ether oxygens (including phenoxy) is 3. The van der Waals surface area contributed by atoms with Crippen LogP contribution < -0.4 is 14.2 Å². The average molecular weight is 289 g/mol. The van der Waals surface area contributed by atoms with Crippen molar-refractivity contribution in [3.05, 3.63) is 16.1 Å². The van der Waals surface area contributed by atoms with E-state index in [2.05, 4.69) is 15.9 Å². The third-order valence-electron chi connectivity index (χ3n) is 2.40. The summed E-state index contributed by atoms with van der Waals surface area (Å²) in [5, 5.41) is 9.78. The van der Waals surface area contributed by atoms with Crippen molar-refractivity contribution in [3.8, 4) is 17.2 Å². The molecule has 0 radical (unpaired) electrons. The van der Waals surface area contributed by atoms with Crippen molar-refractivity contribution in [3.63, 3.8) is 0 Å². The van der Waals surface area contributed by atoms with Crippen LogP contribution in [0.3, 0.4) is 0 Å². The molecule has 0 fully saturated rings. The van der Waals surface area contributed by atoms with Crippen LogP contribution in [0.5, 0.6) is 17.2 Å². The first-order valence-corrected chi connectivity index (χ1v) is 5.78. The highest BCUT2D eigenvalue weighted by Crippen LogP contribution is 2.46. The normalized spacial score (nSPS) is 15.8. The lowest BCUT2D eigenvalue weighted by molar-refractivity contribution is 0.150. The molecule has 0 aromatic heterocycles. The number of fused-ring (bicyclic) bond motifs is 1. The Morgan fingerprint density at radius 2 is 2.12 bits per heavy atom. The molecular formula is C11H13BrO4. The Morgan fingerprint density at radius 1 is 1.44 bits per heavy atom. The zero-order chi connectivity index (χ0) is 11.7. The highest BCUT2D eigenvalue weighted by atomic mass is 79.9. The first-order valence-electron chi connectivity index (χ1n) is 4.99. The molecule has 1 unspecified atom stereocenters. The van der Waals surface area contributed by atoms with Crippen LogP contribution in [0.1, 0.15) is 18.6 Å². The number of benzene rings is 1. The van der Waals surface area contributed by atoms with E-state index >= 15 is 0 Å². The fourth-order valence-electron chi connectivity index (χ4n) is 1.75. The Balaban J connectivity index is 2.64. The SMILES string of the molecule is COc1c(Br)cc2c(c1C(C)O)OCCO2. The highest BCUT2D eigenvalue weighted by molar-refractivity contribution is 9.10. The Kier molecular flexibility index (Phi) is 3.25. The molecular weight excluding hydrogens is 276 g/mol. The molecule has 1 aromatic carbocycles. The van der Waals surface area contributed by atoms with E-state index in [9.17, 15) is 5.11 Å². The van der Waals surface area contributed by atoms with Gasteiger partial charge in [0.2, 0.25) is 0 Å². The maximum Gasteiger partial charge on any atom is 0.170 e. The molecule has 16 heavy (non-hydrogen) atoms. The highest BCUT2D eigenvalue weighted by Gasteiger charge is 2.25. The molecule has 1 aromatic rings. The lowest BCUT2D eigenvalue weighted by Gasteiger charge is -2.24. The van der Waals surface area contributed by atoms with Crippen molar-refractivity contribution in [2.75, 3.05) is 20.3 Å². The number of hydrogen-bond acceptors (Lipinski definition) is 4. The van der Waals surface area contributed by atoms with Crippen LogP contribution in [0.25, 0.3) is 0 Å². The van der Waals surface area contributed by atoms with Gasteiger partial charge < -0.3 is 19.3 Å². The van der Waals surface area contributed by atoms with Crippen molar-refractivity contribution < 1.29 is 19.3 Å². The molecule has 4 nitrogen and oxygen atoms in total. The molecule has 5 heteroatoms. The van der Waals surface area contributed by atoms with E-state index in [0.29, 0.717) is 36.0 Å². The van der Waals surface area contributed by atoms with E-state index in [1.807, 2.05) is 0 Å². The fraction of sp³-hybridized carbons (Fsp3) is 0.455. The second kappa shape index (κ2) is 4.51. The summed E-state index contributed by atoms with van der Waals surface area (Å²) in [6.07, 6.45) is -0.678. The number of methoxy groups -OCH3 is 1. The van der Waals surface area contributed by atoms with Gasteiger partial charge in [-0.15, -0.1) is 0 Å². The molecule has 88 valence electrons. The second-order valence-corrected chi connectivity index (χ2v) is 4.36. The zero-order valence-corrected chi connectivity index (χ0v) is 10.7. The molecule has 0 aliphatic carbocycles. The van der Waals surface area contributed by atoms with Crippen LogP contribution >= 0.6 is 15.9 Å². The third kappa shape index (κ3) is 1.85.